The largest absolute Gasteiger partial charge is 0.399 e. The maximum Gasteiger partial charge on any atom is 0.399 e. The molecule has 0 aromatic carbocycles. The number of halogens is 2. The minimum absolute atomic E-state index is 0.948. The van der Waals surface area contributed by atoms with E-state index in [4.69, 9.17) is 4.55 Å². The third kappa shape index (κ3) is 7.79. The highest BCUT2D eigenvalue weighted by Gasteiger charge is 2.14. The molecule has 0 amide bonds. The van der Waals surface area contributed by atoms with Crippen LogP contribution >= 0.6 is 0 Å². The predicted octanol–water partition coefficient (Wildman–Crippen LogP) is 0.433. The summed E-state index contributed by atoms with van der Waals surface area (Å²) in [6.07, 6.45) is -4.13. The van der Waals surface area contributed by atoms with Crippen molar-refractivity contribution in [3.63, 3.8) is 0 Å². The Labute approximate surface area is 68.2 Å². The molecule has 1 atom stereocenters. The molecule has 5 nitrogen and oxygen atoms in total. The zero-order valence-electron chi connectivity index (χ0n) is 6.11. The van der Waals surface area contributed by atoms with Crippen molar-refractivity contribution in [1.82, 2.24) is 0 Å². The highest BCUT2D eigenvalue weighted by atomic mass is 32.3. The van der Waals surface area contributed by atoms with Crippen LogP contribution in [0.1, 0.15) is 6.92 Å². The fourth-order valence-electron chi connectivity index (χ4n) is 0.407. The number of hydrogen-bond donors (Lipinski definition) is 1. The first-order chi connectivity index (χ1) is 5.31. The lowest BCUT2D eigenvalue weighted by Crippen LogP contribution is -2.20. The predicted molar refractivity (Wildman–Crippen MR) is 34.1 cm³/mol. The molecule has 74 valence electrons. The van der Waals surface area contributed by atoms with Gasteiger partial charge in [-0.25, -0.2) is 13.0 Å². The molecule has 0 aromatic rings. The first-order valence-corrected chi connectivity index (χ1v) is 4.23. The maximum absolute atomic E-state index is 11.4. The summed E-state index contributed by atoms with van der Waals surface area (Å²) in [6, 6.07) is 0. The molecule has 0 aliphatic rings. The Hall–Kier alpha value is -0.310. The first-order valence-electron chi connectivity index (χ1n) is 2.86. The van der Waals surface area contributed by atoms with E-state index >= 15 is 0 Å². The Bertz CT molecular complexity index is 213. The summed E-state index contributed by atoms with van der Waals surface area (Å²) in [7, 11) is -4.64. The van der Waals surface area contributed by atoms with Gasteiger partial charge in [-0.05, 0) is 6.92 Å². The Morgan fingerprint density at radius 2 is 2.00 bits per heavy atom. The molecule has 0 saturated carbocycles. The van der Waals surface area contributed by atoms with E-state index in [1.807, 2.05) is 0 Å². The average Bonchev–Trinajstić information content (AvgIpc) is 1.79. The maximum atomic E-state index is 11.4. The molecule has 0 bridgehead atoms. The molecule has 0 spiro atoms. The van der Waals surface area contributed by atoms with Gasteiger partial charge in [0.2, 0.25) is 0 Å². The van der Waals surface area contributed by atoms with E-state index in [0.29, 0.717) is 0 Å². The van der Waals surface area contributed by atoms with E-state index < -0.39 is 29.7 Å². The van der Waals surface area contributed by atoms with Crippen LogP contribution in [-0.4, -0.2) is 32.3 Å². The smallest absolute Gasteiger partial charge is 0.346 e. The third-order valence-corrected chi connectivity index (χ3v) is 1.23. The minimum Gasteiger partial charge on any atom is -0.346 e. The van der Waals surface area contributed by atoms with Crippen molar-refractivity contribution in [3.8, 4) is 0 Å². The average molecular weight is 206 g/mol. The molecule has 0 saturated heterocycles. The van der Waals surface area contributed by atoms with Crippen LogP contribution < -0.4 is 0 Å². The van der Waals surface area contributed by atoms with Crippen LogP contribution in [0.25, 0.3) is 0 Å². The lowest BCUT2D eigenvalue weighted by Gasteiger charge is -2.10. The van der Waals surface area contributed by atoms with Crippen molar-refractivity contribution in [2.45, 2.75) is 19.6 Å². The molecule has 0 fully saturated rings. The van der Waals surface area contributed by atoms with Crippen LogP contribution in [0.3, 0.4) is 0 Å². The van der Waals surface area contributed by atoms with E-state index in [-0.39, 0.29) is 0 Å². The molecular weight excluding hydrogens is 198 g/mol. The van der Waals surface area contributed by atoms with E-state index in [1.54, 1.807) is 0 Å². The molecule has 12 heavy (non-hydrogen) atoms. The van der Waals surface area contributed by atoms with Gasteiger partial charge in [0.05, 0.1) is 0 Å². The Morgan fingerprint density at radius 3 is 2.33 bits per heavy atom. The molecule has 0 radical (unpaired) electrons. The van der Waals surface area contributed by atoms with E-state index in [1.165, 1.54) is 0 Å². The summed E-state index contributed by atoms with van der Waals surface area (Å²) in [5.74, 6) is 0. The number of alkyl halides is 2. The van der Waals surface area contributed by atoms with Gasteiger partial charge in [-0.2, -0.15) is 8.42 Å². The van der Waals surface area contributed by atoms with Crippen molar-refractivity contribution < 1.29 is 30.7 Å². The van der Waals surface area contributed by atoms with E-state index in [9.17, 15) is 17.2 Å². The fourth-order valence-corrected chi connectivity index (χ4v) is 0.805. The van der Waals surface area contributed by atoms with Gasteiger partial charge in [-0.1, -0.05) is 0 Å². The van der Waals surface area contributed by atoms with Gasteiger partial charge in [-0.15, -0.1) is 0 Å². The lowest BCUT2D eigenvalue weighted by atomic mass is 10.7. The van der Waals surface area contributed by atoms with Crippen LogP contribution in [0.2, 0.25) is 0 Å². The molecule has 1 N–H and O–H groups in total. The first kappa shape index (κ1) is 11.7. The van der Waals surface area contributed by atoms with E-state index in [2.05, 4.69) is 8.92 Å². The molecule has 0 aliphatic carbocycles. The van der Waals surface area contributed by atoms with Crippen LogP contribution in [0.4, 0.5) is 8.78 Å². The van der Waals surface area contributed by atoms with Crippen LogP contribution in [-0.2, 0) is 19.3 Å². The highest BCUT2D eigenvalue weighted by molar-refractivity contribution is 7.80. The second-order valence-corrected chi connectivity index (χ2v) is 2.86. The van der Waals surface area contributed by atoms with Crippen LogP contribution in [0, 0.1) is 0 Å². The van der Waals surface area contributed by atoms with Gasteiger partial charge in [0.1, 0.15) is 6.61 Å². The number of rotatable bonds is 5. The fraction of sp³-hybridized carbons (Fsp3) is 1.00. The van der Waals surface area contributed by atoms with Gasteiger partial charge in [0, 0.05) is 0 Å². The topological polar surface area (TPSA) is 72.8 Å². The molecule has 0 heterocycles. The molecular formula is C4H8F2O5S. The van der Waals surface area contributed by atoms with Crippen LogP contribution in [0.5, 0.6) is 0 Å². The Balaban J connectivity index is 3.68. The van der Waals surface area contributed by atoms with Gasteiger partial charge in [0.25, 0.3) is 6.43 Å². The highest BCUT2D eigenvalue weighted by Crippen LogP contribution is 2.01. The van der Waals surface area contributed by atoms with Gasteiger partial charge >= 0.3 is 10.4 Å². The van der Waals surface area contributed by atoms with Crippen molar-refractivity contribution in [2.75, 3.05) is 6.61 Å². The second-order valence-electron chi connectivity index (χ2n) is 1.82. The Kier molecular flexibility index (Phi) is 4.53. The quantitative estimate of drug-likeness (QED) is 0.521. The molecule has 0 aromatic heterocycles. The van der Waals surface area contributed by atoms with Gasteiger partial charge < -0.3 is 4.74 Å². The molecule has 1 unspecified atom stereocenters. The van der Waals surface area contributed by atoms with Crippen LogP contribution in [0.15, 0.2) is 0 Å². The van der Waals surface area contributed by atoms with E-state index in [0.717, 1.165) is 6.92 Å². The summed E-state index contributed by atoms with van der Waals surface area (Å²) in [5.41, 5.74) is 0. The summed E-state index contributed by atoms with van der Waals surface area (Å²) in [6.45, 7) is 0.118. The van der Waals surface area contributed by atoms with Gasteiger partial charge in [0.15, 0.2) is 6.29 Å². The molecule has 8 heteroatoms. The summed E-state index contributed by atoms with van der Waals surface area (Å²) >= 11 is 0. The zero-order chi connectivity index (χ0) is 9.78. The van der Waals surface area contributed by atoms with Crippen molar-refractivity contribution in [2.24, 2.45) is 0 Å². The minimum atomic E-state index is -4.64. The number of hydrogen-bond acceptors (Lipinski definition) is 4. The van der Waals surface area contributed by atoms with Gasteiger partial charge in [-0.3, -0.25) is 4.55 Å². The Morgan fingerprint density at radius 1 is 1.50 bits per heavy atom. The summed E-state index contributed by atoms with van der Waals surface area (Å²) in [4.78, 5) is 0. The van der Waals surface area contributed by atoms with Crippen molar-refractivity contribution in [3.05, 3.63) is 0 Å². The SMILES string of the molecule is CC(OCC(F)F)OS(=O)(=O)O. The summed E-state index contributed by atoms with van der Waals surface area (Å²) in [5, 5.41) is 0. The second kappa shape index (κ2) is 4.65. The monoisotopic (exact) mass is 206 g/mol. The molecule has 0 aliphatic heterocycles. The number of ether oxygens (including phenoxy) is 1. The molecule has 0 rings (SSSR count). The summed E-state index contributed by atoms with van der Waals surface area (Å²) < 4.78 is 58.7. The van der Waals surface area contributed by atoms with Crippen molar-refractivity contribution in [1.29, 1.82) is 0 Å². The third-order valence-electron chi connectivity index (χ3n) is 0.714. The zero-order valence-corrected chi connectivity index (χ0v) is 6.92. The lowest BCUT2D eigenvalue weighted by molar-refractivity contribution is -0.102. The normalized spacial score (nSPS) is 15.1. The van der Waals surface area contributed by atoms with Crippen molar-refractivity contribution >= 4 is 10.4 Å². The standard InChI is InChI=1S/C4H8F2O5S/c1-3(10-2-4(5)6)11-12(7,8)9/h3-4H,2H2,1H3,(H,7,8,9).